The molecule has 27 heavy (non-hydrogen) atoms. The molecule has 0 heterocycles. The SMILES string of the molecule is Cc1cc(C)c(C(=O)OP(=O)(c2ccccc2)c2ccccc2)c(C)c1C. The van der Waals surface area contributed by atoms with Crippen molar-refractivity contribution in [2.24, 2.45) is 0 Å². The van der Waals surface area contributed by atoms with Crippen molar-refractivity contribution in [3.05, 3.63) is 94.5 Å². The van der Waals surface area contributed by atoms with E-state index < -0.39 is 13.3 Å². The number of aryl methyl sites for hydroxylation is 2. The van der Waals surface area contributed by atoms with Gasteiger partial charge in [0, 0.05) is 0 Å². The summed E-state index contributed by atoms with van der Waals surface area (Å²) in [5.74, 6) is -0.552. The third-order valence-electron chi connectivity index (χ3n) is 4.96. The number of carbonyl (C=O) groups excluding carboxylic acids is 1. The van der Waals surface area contributed by atoms with E-state index in [1.807, 2.05) is 45.9 Å². The Balaban J connectivity index is 2.11. The Labute approximate surface area is 160 Å². The molecule has 0 saturated carbocycles. The van der Waals surface area contributed by atoms with Crippen molar-refractivity contribution in [1.82, 2.24) is 0 Å². The van der Waals surface area contributed by atoms with Crippen molar-refractivity contribution in [2.75, 3.05) is 0 Å². The van der Waals surface area contributed by atoms with Crippen LogP contribution in [0.25, 0.3) is 0 Å². The van der Waals surface area contributed by atoms with Crippen LogP contribution >= 0.6 is 7.37 Å². The summed E-state index contributed by atoms with van der Waals surface area (Å²) in [7, 11) is -3.56. The van der Waals surface area contributed by atoms with Crippen LogP contribution in [-0.4, -0.2) is 5.97 Å². The molecule has 0 N–H and O–H groups in total. The summed E-state index contributed by atoms with van der Waals surface area (Å²) in [4.78, 5) is 13.1. The molecule has 0 bridgehead atoms. The van der Waals surface area contributed by atoms with Crippen LogP contribution in [0.3, 0.4) is 0 Å². The molecule has 4 heteroatoms. The van der Waals surface area contributed by atoms with Gasteiger partial charge in [0.1, 0.15) is 0 Å². The molecule has 0 saturated heterocycles. The Kier molecular flexibility index (Phi) is 5.34. The molecule has 0 aromatic heterocycles. The smallest absolute Gasteiger partial charge is 0.344 e. The van der Waals surface area contributed by atoms with Crippen LogP contribution in [0.5, 0.6) is 0 Å². The normalized spacial score (nSPS) is 11.3. The van der Waals surface area contributed by atoms with Crippen LogP contribution in [-0.2, 0) is 9.09 Å². The molecular formula is C23H23O3P. The maximum absolute atomic E-state index is 13.9. The second-order valence-electron chi connectivity index (χ2n) is 6.74. The standard InChI is InChI=1S/C23H23O3P/c1-16-15-17(2)22(19(4)18(16)3)23(24)26-27(25,20-11-7-5-8-12-20)21-13-9-6-10-14-21/h5-15H,1-4H3. The minimum Gasteiger partial charge on any atom is -0.401 e. The molecule has 0 fully saturated rings. The number of carbonyl (C=O) groups is 1. The van der Waals surface area contributed by atoms with Gasteiger partial charge in [-0.2, -0.15) is 0 Å². The van der Waals surface area contributed by atoms with Crippen molar-refractivity contribution in [2.45, 2.75) is 27.7 Å². The van der Waals surface area contributed by atoms with Gasteiger partial charge in [-0.15, -0.1) is 0 Å². The first-order valence-corrected chi connectivity index (χ1v) is 10.5. The van der Waals surface area contributed by atoms with E-state index in [2.05, 4.69) is 0 Å². The van der Waals surface area contributed by atoms with Crippen molar-refractivity contribution < 1.29 is 13.9 Å². The van der Waals surface area contributed by atoms with Crippen LogP contribution in [0.1, 0.15) is 32.6 Å². The maximum atomic E-state index is 13.9. The molecule has 3 aromatic carbocycles. The Morgan fingerprint density at radius 3 is 1.70 bits per heavy atom. The molecule has 138 valence electrons. The van der Waals surface area contributed by atoms with E-state index in [-0.39, 0.29) is 0 Å². The van der Waals surface area contributed by atoms with Gasteiger partial charge in [-0.1, -0.05) is 42.5 Å². The van der Waals surface area contributed by atoms with Crippen molar-refractivity contribution in [3.8, 4) is 0 Å². The minimum absolute atomic E-state index is 0.491. The van der Waals surface area contributed by atoms with Gasteiger partial charge in [-0.25, -0.2) is 4.79 Å². The average molecular weight is 378 g/mol. The molecule has 0 atom stereocenters. The van der Waals surface area contributed by atoms with Crippen LogP contribution in [0.4, 0.5) is 0 Å². The lowest BCUT2D eigenvalue weighted by molar-refractivity contribution is 0.0745. The average Bonchev–Trinajstić information content (AvgIpc) is 2.67. The molecule has 3 nitrogen and oxygen atoms in total. The number of hydrogen-bond acceptors (Lipinski definition) is 3. The fourth-order valence-corrected chi connectivity index (χ4v) is 5.23. The highest BCUT2D eigenvalue weighted by molar-refractivity contribution is 7.74. The van der Waals surface area contributed by atoms with Gasteiger partial charge in [0.05, 0.1) is 16.2 Å². The summed E-state index contributed by atoms with van der Waals surface area (Å²) in [5.41, 5.74) is 4.35. The molecule has 3 rings (SSSR count). The van der Waals surface area contributed by atoms with Gasteiger partial charge in [-0.3, -0.25) is 4.57 Å². The van der Waals surface area contributed by atoms with E-state index in [9.17, 15) is 9.36 Å². The van der Waals surface area contributed by atoms with Gasteiger partial charge in [-0.05, 0) is 74.2 Å². The highest BCUT2D eigenvalue weighted by Gasteiger charge is 2.33. The zero-order valence-electron chi connectivity index (χ0n) is 16.0. The van der Waals surface area contributed by atoms with E-state index in [4.69, 9.17) is 4.52 Å². The van der Waals surface area contributed by atoms with Gasteiger partial charge < -0.3 is 4.52 Å². The van der Waals surface area contributed by atoms with Gasteiger partial charge in [0.2, 0.25) is 0 Å². The molecular weight excluding hydrogens is 355 g/mol. The maximum Gasteiger partial charge on any atom is 0.344 e. The largest absolute Gasteiger partial charge is 0.401 e. The predicted molar refractivity (Wildman–Crippen MR) is 111 cm³/mol. The summed E-state index contributed by atoms with van der Waals surface area (Å²) >= 11 is 0. The summed E-state index contributed by atoms with van der Waals surface area (Å²) in [6, 6.07) is 19.8. The zero-order chi connectivity index (χ0) is 19.6. The third-order valence-corrected chi connectivity index (χ3v) is 7.34. The van der Waals surface area contributed by atoms with E-state index in [0.717, 1.165) is 22.3 Å². The predicted octanol–water partition coefficient (Wildman–Crippen LogP) is 5.01. The lowest BCUT2D eigenvalue weighted by Gasteiger charge is -2.21. The van der Waals surface area contributed by atoms with Crippen LogP contribution in [0.15, 0.2) is 66.7 Å². The molecule has 0 radical (unpaired) electrons. The van der Waals surface area contributed by atoms with E-state index in [1.54, 1.807) is 48.5 Å². The minimum atomic E-state index is -3.56. The molecule has 0 amide bonds. The Morgan fingerprint density at radius 2 is 1.22 bits per heavy atom. The second kappa shape index (κ2) is 7.54. The second-order valence-corrected chi connectivity index (χ2v) is 9.06. The molecule has 0 unspecified atom stereocenters. The topological polar surface area (TPSA) is 43.4 Å². The number of rotatable bonds is 4. The Morgan fingerprint density at radius 1 is 0.741 bits per heavy atom. The molecule has 3 aromatic rings. The van der Waals surface area contributed by atoms with Crippen molar-refractivity contribution >= 4 is 23.9 Å². The fraction of sp³-hybridized carbons (Fsp3) is 0.174. The molecule has 0 spiro atoms. The molecule has 0 aliphatic rings. The monoisotopic (exact) mass is 378 g/mol. The third kappa shape index (κ3) is 3.61. The first kappa shape index (κ1) is 19.1. The van der Waals surface area contributed by atoms with Gasteiger partial charge in [0.15, 0.2) is 0 Å². The first-order valence-electron chi connectivity index (χ1n) is 8.87. The molecule has 0 aliphatic carbocycles. The first-order chi connectivity index (χ1) is 12.8. The quantitative estimate of drug-likeness (QED) is 0.600. The van der Waals surface area contributed by atoms with Crippen LogP contribution in [0, 0.1) is 27.7 Å². The zero-order valence-corrected chi connectivity index (χ0v) is 16.9. The summed E-state index contributed by atoms with van der Waals surface area (Å²) < 4.78 is 19.7. The van der Waals surface area contributed by atoms with Gasteiger partial charge >= 0.3 is 13.3 Å². The van der Waals surface area contributed by atoms with E-state index in [0.29, 0.717) is 16.2 Å². The van der Waals surface area contributed by atoms with Gasteiger partial charge in [0.25, 0.3) is 0 Å². The summed E-state index contributed by atoms with van der Waals surface area (Å²) in [6.07, 6.45) is 0. The highest BCUT2D eigenvalue weighted by Crippen LogP contribution is 2.45. The summed E-state index contributed by atoms with van der Waals surface area (Å²) in [6.45, 7) is 7.78. The fourth-order valence-electron chi connectivity index (χ4n) is 3.26. The lowest BCUT2D eigenvalue weighted by Crippen LogP contribution is -2.21. The Bertz CT molecular complexity index is 981. The lowest BCUT2D eigenvalue weighted by atomic mass is 9.94. The van der Waals surface area contributed by atoms with Crippen molar-refractivity contribution in [1.29, 1.82) is 0 Å². The van der Waals surface area contributed by atoms with Crippen LogP contribution < -0.4 is 10.6 Å². The Hall–Kier alpha value is -2.64. The van der Waals surface area contributed by atoms with E-state index in [1.165, 1.54) is 0 Å². The summed E-state index contributed by atoms with van der Waals surface area (Å²) in [5, 5.41) is 1.01. The highest BCUT2D eigenvalue weighted by atomic mass is 31.2. The number of hydrogen-bond donors (Lipinski definition) is 0. The van der Waals surface area contributed by atoms with E-state index >= 15 is 0 Å². The van der Waals surface area contributed by atoms with Crippen LogP contribution in [0.2, 0.25) is 0 Å². The van der Waals surface area contributed by atoms with Crippen molar-refractivity contribution in [3.63, 3.8) is 0 Å². The molecule has 0 aliphatic heterocycles. The number of benzene rings is 3.